The highest BCUT2D eigenvalue weighted by Crippen LogP contribution is 2.27. The third-order valence-corrected chi connectivity index (χ3v) is 4.95. The Hall–Kier alpha value is -1.84. The molecular formula is C14H14ClN3O4S2. The van der Waals surface area contributed by atoms with Crippen molar-refractivity contribution in [2.75, 3.05) is 18.2 Å². The van der Waals surface area contributed by atoms with Gasteiger partial charge in [-0.25, -0.2) is 0 Å². The Morgan fingerprint density at radius 3 is 2.83 bits per heavy atom. The number of nitrogens with one attached hydrogen (secondary N) is 1. The van der Waals surface area contributed by atoms with Crippen molar-refractivity contribution in [2.24, 2.45) is 0 Å². The Kier molecular flexibility index (Phi) is 6.83. The summed E-state index contributed by atoms with van der Waals surface area (Å²) in [5.74, 6) is -0.183. The van der Waals surface area contributed by atoms with Gasteiger partial charge >= 0.3 is 5.97 Å². The molecule has 0 spiro atoms. The number of rotatable bonds is 7. The van der Waals surface area contributed by atoms with Gasteiger partial charge in [-0.05, 0) is 19.1 Å². The second-order valence-corrected chi connectivity index (χ2v) is 7.02. The first-order valence-corrected chi connectivity index (χ1v) is 8.92. The van der Waals surface area contributed by atoms with Crippen LogP contribution in [-0.2, 0) is 14.3 Å². The molecule has 1 aromatic heterocycles. The quantitative estimate of drug-likeness (QED) is 0.443. The molecule has 7 nitrogen and oxygen atoms in total. The third kappa shape index (κ3) is 5.36. The topological polar surface area (TPSA) is 90.4 Å². The Labute approximate surface area is 151 Å². The van der Waals surface area contributed by atoms with Crippen LogP contribution >= 0.6 is 34.7 Å². The number of carbonyl (C=O) groups excluding carboxylic acids is 2. The van der Waals surface area contributed by atoms with Gasteiger partial charge in [-0.3, -0.25) is 14.9 Å². The van der Waals surface area contributed by atoms with Crippen LogP contribution in [-0.4, -0.2) is 41.0 Å². The third-order valence-electron chi connectivity index (χ3n) is 2.69. The zero-order chi connectivity index (χ0) is 17.5. The molecule has 2 aromatic rings. The molecule has 24 heavy (non-hydrogen) atoms. The van der Waals surface area contributed by atoms with E-state index in [1.54, 1.807) is 31.2 Å². The highest BCUT2D eigenvalue weighted by Gasteiger charge is 2.18. The van der Waals surface area contributed by atoms with E-state index in [4.69, 9.17) is 16.3 Å². The molecule has 0 radical (unpaired) electrons. The molecule has 0 aliphatic carbocycles. The van der Waals surface area contributed by atoms with E-state index < -0.39 is 6.10 Å². The number of thioether (sulfide) groups is 1. The first-order valence-electron chi connectivity index (χ1n) is 6.74. The van der Waals surface area contributed by atoms with Crippen molar-refractivity contribution in [3.63, 3.8) is 0 Å². The van der Waals surface area contributed by atoms with Gasteiger partial charge in [0.05, 0.1) is 17.9 Å². The number of amides is 1. The zero-order valence-electron chi connectivity index (χ0n) is 12.8. The first-order chi connectivity index (χ1) is 11.5. The molecule has 1 aromatic carbocycles. The standard InChI is InChI=1S/C14H14ClN3O4S2/c1-8(22-10-6-4-3-5-9(10)15)12(20)16-13-17-18-14(24-13)23-7-11(19)21-2/h3-6,8H,7H2,1-2H3,(H,16,17,20)/t8-/m1/s1. The number of carbonyl (C=O) groups is 2. The van der Waals surface area contributed by atoms with Crippen LogP contribution in [0, 0.1) is 0 Å². The maximum absolute atomic E-state index is 12.1. The molecule has 0 aliphatic heterocycles. The number of ether oxygens (including phenoxy) is 2. The van der Waals surface area contributed by atoms with Crippen molar-refractivity contribution < 1.29 is 19.1 Å². The largest absolute Gasteiger partial charge is 0.479 e. The lowest BCUT2D eigenvalue weighted by molar-refractivity contribution is -0.137. The Balaban J connectivity index is 1.88. The van der Waals surface area contributed by atoms with Crippen LogP contribution in [0.3, 0.4) is 0 Å². The van der Waals surface area contributed by atoms with Crippen LogP contribution in [0.15, 0.2) is 28.6 Å². The summed E-state index contributed by atoms with van der Waals surface area (Å²) in [6.45, 7) is 1.60. The van der Waals surface area contributed by atoms with Gasteiger partial charge in [-0.15, -0.1) is 10.2 Å². The lowest BCUT2D eigenvalue weighted by atomic mass is 10.3. The molecule has 0 saturated heterocycles. The molecule has 1 atom stereocenters. The van der Waals surface area contributed by atoms with E-state index in [0.717, 1.165) is 11.3 Å². The molecule has 0 saturated carbocycles. The predicted octanol–water partition coefficient (Wildman–Crippen LogP) is 2.86. The Bertz CT molecular complexity index is 726. The monoisotopic (exact) mass is 387 g/mol. The van der Waals surface area contributed by atoms with E-state index in [-0.39, 0.29) is 17.6 Å². The Morgan fingerprint density at radius 2 is 2.12 bits per heavy atom. The number of hydrogen-bond acceptors (Lipinski definition) is 8. The molecule has 0 aliphatic rings. The average molecular weight is 388 g/mol. The van der Waals surface area contributed by atoms with Crippen LogP contribution < -0.4 is 10.1 Å². The zero-order valence-corrected chi connectivity index (χ0v) is 15.2. The van der Waals surface area contributed by atoms with Crippen molar-refractivity contribution in [3.8, 4) is 5.75 Å². The van der Waals surface area contributed by atoms with Gasteiger partial charge < -0.3 is 9.47 Å². The van der Waals surface area contributed by atoms with Crippen LogP contribution in [0.2, 0.25) is 5.02 Å². The molecule has 0 unspecified atom stereocenters. The molecule has 1 N–H and O–H groups in total. The summed E-state index contributed by atoms with van der Waals surface area (Å²) < 4.78 is 10.6. The molecule has 0 bridgehead atoms. The number of aromatic nitrogens is 2. The summed E-state index contributed by atoms with van der Waals surface area (Å²) in [4.78, 5) is 23.2. The first kappa shape index (κ1) is 18.5. The van der Waals surface area contributed by atoms with Crippen molar-refractivity contribution in [1.82, 2.24) is 10.2 Å². The molecule has 1 amide bonds. The second-order valence-electron chi connectivity index (χ2n) is 4.42. The van der Waals surface area contributed by atoms with E-state index >= 15 is 0 Å². The van der Waals surface area contributed by atoms with E-state index in [1.165, 1.54) is 18.9 Å². The minimum atomic E-state index is -0.764. The lowest BCUT2D eigenvalue weighted by Gasteiger charge is -2.14. The van der Waals surface area contributed by atoms with Gasteiger partial charge in [-0.2, -0.15) is 0 Å². The highest BCUT2D eigenvalue weighted by molar-refractivity contribution is 8.01. The van der Waals surface area contributed by atoms with Gasteiger partial charge in [0, 0.05) is 0 Å². The number of hydrogen-bond donors (Lipinski definition) is 1. The average Bonchev–Trinajstić information content (AvgIpc) is 3.02. The number of anilines is 1. The lowest BCUT2D eigenvalue weighted by Crippen LogP contribution is -2.30. The fourth-order valence-electron chi connectivity index (χ4n) is 1.49. The van der Waals surface area contributed by atoms with E-state index in [2.05, 4.69) is 20.3 Å². The Morgan fingerprint density at radius 1 is 1.38 bits per heavy atom. The van der Waals surface area contributed by atoms with Gasteiger partial charge in [-0.1, -0.05) is 46.8 Å². The summed E-state index contributed by atoms with van der Waals surface area (Å²) >= 11 is 8.34. The van der Waals surface area contributed by atoms with Crippen molar-refractivity contribution in [1.29, 1.82) is 0 Å². The van der Waals surface area contributed by atoms with E-state index in [1.807, 2.05) is 0 Å². The van der Waals surface area contributed by atoms with E-state index in [0.29, 0.717) is 20.2 Å². The fraction of sp³-hybridized carbons (Fsp3) is 0.286. The molecular weight excluding hydrogens is 374 g/mol. The van der Waals surface area contributed by atoms with Crippen LogP contribution in [0.25, 0.3) is 0 Å². The van der Waals surface area contributed by atoms with Gasteiger partial charge in [0.1, 0.15) is 5.75 Å². The number of nitrogens with zero attached hydrogens (tertiary/aromatic N) is 2. The highest BCUT2D eigenvalue weighted by atomic mass is 35.5. The smallest absolute Gasteiger partial charge is 0.316 e. The van der Waals surface area contributed by atoms with Gasteiger partial charge in [0.25, 0.3) is 5.91 Å². The summed E-state index contributed by atoms with van der Waals surface area (Å²) in [6, 6.07) is 6.89. The normalized spacial score (nSPS) is 11.6. The van der Waals surface area contributed by atoms with Crippen molar-refractivity contribution in [2.45, 2.75) is 17.4 Å². The van der Waals surface area contributed by atoms with Crippen LogP contribution in [0.5, 0.6) is 5.75 Å². The number of para-hydroxylation sites is 1. The number of methoxy groups -OCH3 is 1. The summed E-state index contributed by atoms with van der Waals surface area (Å²) in [5, 5.41) is 11.1. The number of benzene rings is 1. The SMILES string of the molecule is COC(=O)CSc1nnc(NC(=O)[C@@H](C)Oc2ccccc2Cl)s1. The molecule has 128 valence electrons. The molecule has 10 heteroatoms. The fourth-order valence-corrected chi connectivity index (χ4v) is 3.26. The minimum Gasteiger partial charge on any atom is -0.479 e. The maximum atomic E-state index is 12.1. The maximum Gasteiger partial charge on any atom is 0.316 e. The predicted molar refractivity (Wildman–Crippen MR) is 92.8 cm³/mol. The van der Waals surface area contributed by atoms with Crippen molar-refractivity contribution >= 4 is 51.7 Å². The number of esters is 1. The summed E-state index contributed by atoms with van der Waals surface area (Å²) in [5.41, 5.74) is 0. The minimum absolute atomic E-state index is 0.130. The van der Waals surface area contributed by atoms with Crippen molar-refractivity contribution in [3.05, 3.63) is 29.3 Å². The number of halogens is 1. The molecule has 1 heterocycles. The van der Waals surface area contributed by atoms with Gasteiger partial charge in [0.15, 0.2) is 10.4 Å². The summed E-state index contributed by atoms with van der Waals surface area (Å²) in [7, 11) is 1.31. The van der Waals surface area contributed by atoms with Crippen LogP contribution in [0.4, 0.5) is 5.13 Å². The second kappa shape index (κ2) is 8.86. The van der Waals surface area contributed by atoms with Crippen LogP contribution in [0.1, 0.15) is 6.92 Å². The van der Waals surface area contributed by atoms with E-state index in [9.17, 15) is 9.59 Å². The summed E-state index contributed by atoms with van der Waals surface area (Å²) in [6.07, 6.45) is -0.764. The molecule has 2 rings (SSSR count). The van der Waals surface area contributed by atoms with Gasteiger partial charge in [0.2, 0.25) is 5.13 Å². The molecule has 0 fully saturated rings.